The van der Waals surface area contributed by atoms with Crippen LogP contribution in [0.1, 0.15) is 58.3 Å². The SMILES string of the molecule is CC12CCC(=O)C=C1CCC1C2CCC2(O)C(C=O)CCC12. The minimum Gasteiger partial charge on any atom is -0.389 e. The van der Waals surface area contributed by atoms with E-state index in [9.17, 15) is 14.7 Å². The molecule has 0 aromatic carbocycles. The lowest BCUT2D eigenvalue weighted by atomic mass is 9.49. The molecule has 0 aromatic rings. The Hall–Kier alpha value is -0.960. The number of hydrogen-bond donors (Lipinski definition) is 1. The number of fused-ring (bicyclic) bond motifs is 5. The second-order valence-corrected chi connectivity index (χ2v) is 8.32. The van der Waals surface area contributed by atoms with Gasteiger partial charge in [-0.3, -0.25) is 4.79 Å². The summed E-state index contributed by atoms with van der Waals surface area (Å²) in [7, 11) is 0. The van der Waals surface area contributed by atoms with E-state index in [-0.39, 0.29) is 17.3 Å². The maximum atomic E-state index is 11.8. The molecule has 0 amide bonds. The normalized spacial score (nSPS) is 50.6. The summed E-state index contributed by atoms with van der Waals surface area (Å²) in [5, 5.41) is 11.1. The molecule has 4 rings (SSSR count). The van der Waals surface area contributed by atoms with E-state index in [1.54, 1.807) is 0 Å². The largest absolute Gasteiger partial charge is 0.389 e. The monoisotopic (exact) mass is 302 g/mol. The lowest BCUT2D eigenvalue weighted by Gasteiger charge is -2.57. The van der Waals surface area contributed by atoms with Crippen LogP contribution in [0.5, 0.6) is 0 Å². The van der Waals surface area contributed by atoms with Gasteiger partial charge in [0.25, 0.3) is 0 Å². The van der Waals surface area contributed by atoms with Crippen molar-refractivity contribution in [1.82, 2.24) is 0 Å². The first-order valence-electron chi connectivity index (χ1n) is 8.90. The quantitative estimate of drug-likeness (QED) is 0.757. The molecule has 4 aliphatic carbocycles. The van der Waals surface area contributed by atoms with Crippen LogP contribution in [0.3, 0.4) is 0 Å². The molecule has 0 saturated heterocycles. The van der Waals surface area contributed by atoms with Gasteiger partial charge in [0.2, 0.25) is 0 Å². The second kappa shape index (κ2) is 4.77. The average Bonchev–Trinajstić information content (AvgIpc) is 2.84. The Morgan fingerprint density at radius 1 is 1.14 bits per heavy atom. The number of carbonyl (C=O) groups excluding carboxylic acids is 2. The molecule has 3 heteroatoms. The topological polar surface area (TPSA) is 54.4 Å². The highest BCUT2D eigenvalue weighted by Gasteiger charge is 2.60. The van der Waals surface area contributed by atoms with Crippen LogP contribution in [0.15, 0.2) is 11.6 Å². The highest BCUT2D eigenvalue weighted by molar-refractivity contribution is 5.91. The zero-order valence-corrected chi connectivity index (χ0v) is 13.4. The summed E-state index contributed by atoms with van der Waals surface area (Å²) in [6.07, 6.45) is 10.3. The molecule has 120 valence electrons. The molecule has 0 aliphatic heterocycles. The van der Waals surface area contributed by atoms with E-state index in [2.05, 4.69) is 6.92 Å². The summed E-state index contributed by atoms with van der Waals surface area (Å²) < 4.78 is 0. The molecule has 6 atom stereocenters. The highest BCUT2D eigenvalue weighted by atomic mass is 16.3. The number of rotatable bonds is 1. The molecule has 22 heavy (non-hydrogen) atoms. The Kier molecular flexibility index (Phi) is 3.17. The van der Waals surface area contributed by atoms with Crippen molar-refractivity contribution in [1.29, 1.82) is 0 Å². The standard InChI is InChI=1S/C19H26O3/c1-18-8-6-14(21)10-12(18)2-4-15-16(18)7-9-19(22)13(11-20)3-5-17(15)19/h10-11,13,15-17,22H,2-9H2,1H3. The van der Waals surface area contributed by atoms with Gasteiger partial charge in [0.15, 0.2) is 5.78 Å². The fourth-order valence-electron chi connectivity index (χ4n) is 6.43. The van der Waals surface area contributed by atoms with Gasteiger partial charge < -0.3 is 9.90 Å². The summed E-state index contributed by atoms with van der Waals surface area (Å²) in [5.41, 5.74) is 0.767. The summed E-state index contributed by atoms with van der Waals surface area (Å²) >= 11 is 0. The number of ketones is 1. The molecular formula is C19H26O3. The zero-order valence-electron chi connectivity index (χ0n) is 13.4. The molecule has 0 bridgehead atoms. The minimum absolute atomic E-state index is 0.150. The average molecular weight is 302 g/mol. The van der Waals surface area contributed by atoms with Gasteiger partial charge in [0, 0.05) is 12.3 Å². The maximum absolute atomic E-state index is 11.8. The fraction of sp³-hybridized carbons (Fsp3) is 0.789. The molecule has 0 spiro atoms. The van der Waals surface area contributed by atoms with Crippen molar-refractivity contribution in [3.8, 4) is 0 Å². The number of carbonyl (C=O) groups is 2. The minimum atomic E-state index is -0.745. The number of allylic oxidation sites excluding steroid dienone is 1. The van der Waals surface area contributed by atoms with Crippen molar-refractivity contribution in [3.63, 3.8) is 0 Å². The van der Waals surface area contributed by atoms with Crippen LogP contribution in [-0.2, 0) is 9.59 Å². The molecule has 0 aromatic heterocycles. The zero-order chi connectivity index (χ0) is 15.5. The first-order chi connectivity index (χ1) is 10.5. The van der Waals surface area contributed by atoms with Crippen molar-refractivity contribution in [2.45, 2.75) is 63.9 Å². The smallest absolute Gasteiger partial charge is 0.155 e. The van der Waals surface area contributed by atoms with Crippen LogP contribution in [0.4, 0.5) is 0 Å². The van der Waals surface area contributed by atoms with E-state index < -0.39 is 5.60 Å². The lowest BCUT2D eigenvalue weighted by molar-refractivity contribution is -0.140. The van der Waals surface area contributed by atoms with Gasteiger partial charge in [-0.05, 0) is 74.2 Å². The molecule has 4 aliphatic rings. The van der Waals surface area contributed by atoms with Crippen LogP contribution in [0.2, 0.25) is 0 Å². The molecule has 3 fully saturated rings. The number of aliphatic hydroxyl groups is 1. The molecule has 3 nitrogen and oxygen atoms in total. The Morgan fingerprint density at radius 3 is 2.73 bits per heavy atom. The van der Waals surface area contributed by atoms with Gasteiger partial charge in [-0.1, -0.05) is 12.5 Å². The lowest BCUT2D eigenvalue weighted by Crippen LogP contribution is -2.54. The highest BCUT2D eigenvalue weighted by Crippen LogP contribution is 2.63. The first-order valence-corrected chi connectivity index (χ1v) is 8.90. The molecular weight excluding hydrogens is 276 g/mol. The number of hydrogen-bond acceptors (Lipinski definition) is 3. The summed E-state index contributed by atoms with van der Waals surface area (Å²) in [4.78, 5) is 23.1. The van der Waals surface area contributed by atoms with Crippen molar-refractivity contribution in [2.24, 2.45) is 29.1 Å². The first kappa shape index (κ1) is 14.6. The Labute approximate surface area is 132 Å². The van der Waals surface area contributed by atoms with Crippen molar-refractivity contribution in [2.75, 3.05) is 0 Å². The van der Waals surface area contributed by atoms with Gasteiger partial charge in [0.1, 0.15) is 6.29 Å². The van der Waals surface area contributed by atoms with Crippen molar-refractivity contribution in [3.05, 3.63) is 11.6 Å². The van der Waals surface area contributed by atoms with Crippen molar-refractivity contribution >= 4 is 12.1 Å². The molecule has 3 saturated carbocycles. The molecule has 1 N–H and O–H groups in total. The summed E-state index contributed by atoms with van der Waals surface area (Å²) in [6.45, 7) is 2.35. The summed E-state index contributed by atoms with van der Waals surface area (Å²) in [5.74, 6) is 1.53. The van der Waals surface area contributed by atoms with Crippen LogP contribution in [0.25, 0.3) is 0 Å². The van der Waals surface area contributed by atoms with Gasteiger partial charge in [-0.2, -0.15) is 0 Å². The van der Waals surface area contributed by atoms with E-state index in [0.717, 1.165) is 51.2 Å². The third-order valence-electron chi connectivity index (χ3n) is 7.65. The van der Waals surface area contributed by atoms with Gasteiger partial charge in [0.05, 0.1) is 5.60 Å². The Balaban J connectivity index is 1.68. The molecule has 6 unspecified atom stereocenters. The number of aldehydes is 1. The van der Waals surface area contributed by atoms with Crippen LogP contribution >= 0.6 is 0 Å². The van der Waals surface area contributed by atoms with E-state index in [1.165, 1.54) is 5.57 Å². The van der Waals surface area contributed by atoms with E-state index >= 15 is 0 Å². The third kappa shape index (κ3) is 1.78. The van der Waals surface area contributed by atoms with Crippen molar-refractivity contribution < 1.29 is 14.7 Å². The second-order valence-electron chi connectivity index (χ2n) is 8.32. The fourth-order valence-corrected chi connectivity index (χ4v) is 6.43. The Bertz CT molecular complexity index is 551. The summed E-state index contributed by atoms with van der Waals surface area (Å²) in [6, 6.07) is 0. The van der Waals surface area contributed by atoms with Crippen LogP contribution in [-0.4, -0.2) is 22.8 Å². The third-order valence-corrected chi connectivity index (χ3v) is 7.65. The van der Waals surface area contributed by atoms with E-state index in [1.807, 2.05) is 6.08 Å². The van der Waals surface area contributed by atoms with Gasteiger partial charge in [-0.25, -0.2) is 0 Å². The van der Waals surface area contributed by atoms with Gasteiger partial charge in [-0.15, -0.1) is 0 Å². The van der Waals surface area contributed by atoms with Crippen LogP contribution < -0.4 is 0 Å². The maximum Gasteiger partial charge on any atom is 0.155 e. The predicted octanol–water partition coefficient (Wildman–Crippen LogP) is 3.06. The predicted molar refractivity (Wildman–Crippen MR) is 83.1 cm³/mol. The Morgan fingerprint density at radius 2 is 1.95 bits per heavy atom. The van der Waals surface area contributed by atoms with E-state index in [4.69, 9.17) is 0 Å². The van der Waals surface area contributed by atoms with Gasteiger partial charge >= 0.3 is 0 Å². The van der Waals surface area contributed by atoms with Crippen LogP contribution in [0, 0.1) is 29.1 Å². The molecule has 0 radical (unpaired) electrons. The van der Waals surface area contributed by atoms with E-state index in [0.29, 0.717) is 24.0 Å². The molecule has 0 heterocycles.